The number of hydrogen-bond donors (Lipinski definition) is 1. The second-order valence-corrected chi connectivity index (χ2v) is 8.16. The van der Waals surface area contributed by atoms with Crippen LogP contribution in [0.2, 0.25) is 0 Å². The van der Waals surface area contributed by atoms with Crippen molar-refractivity contribution in [3.05, 3.63) is 71.8 Å². The number of anilines is 1. The number of carbonyl (C=O) groups is 1. The molecule has 1 amide bonds. The highest BCUT2D eigenvalue weighted by Crippen LogP contribution is 2.33. The minimum atomic E-state index is -0.413. The van der Waals surface area contributed by atoms with Crippen molar-refractivity contribution in [2.24, 2.45) is 0 Å². The number of nitrogens with one attached hydrogen (secondary N) is 1. The Morgan fingerprint density at radius 2 is 1.90 bits per heavy atom. The number of morpholine rings is 1. The summed E-state index contributed by atoms with van der Waals surface area (Å²) in [6.45, 7) is 4.17. The number of fused-ring (bicyclic) bond motifs is 1. The lowest BCUT2D eigenvalue weighted by Gasteiger charge is -2.41. The average Bonchev–Trinajstić information content (AvgIpc) is 3.57. The van der Waals surface area contributed by atoms with E-state index in [9.17, 15) is 4.79 Å². The molecule has 148 valence electrons. The second kappa shape index (κ2) is 7.16. The van der Waals surface area contributed by atoms with Gasteiger partial charge in [-0.25, -0.2) is 4.98 Å². The normalized spacial score (nSPS) is 21.9. The van der Waals surface area contributed by atoms with Crippen LogP contribution in [-0.2, 0) is 10.3 Å². The van der Waals surface area contributed by atoms with Gasteiger partial charge in [0.05, 0.1) is 24.2 Å². The quantitative estimate of drug-likeness (QED) is 0.738. The number of nitrogens with zero attached hydrogens (tertiary/aromatic N) is 2. The average molecular weight is 387 g/mol. The highest BCUT2D eigenvalue weighted by atomic mass is 16.5. The van der Waals surface area contributed by atoms with Crippen molar-refractivity contribution in [3.8, 4) is 0 Å². The highest BCUT2D eigenvalue weighted by Gasteiger charge is 2.35. The molecule has 2 aliphatic rings. The predicted molar refractivity (Wildman–Crippen MR) is 114 cm³/mol. The van der Waals surface area contributed by atoms with Crippen molar-refractivity contribution in [3.63, 3.8) is 0 Å². The Labute approximate surface area is 170 Å². The van der Waals surface area contributed by atoms with Gasteiger partial charge in [-0.1, -0.05) is 48.5 Å². The molecule has 1 N–H and O–H groups in total. The lowest BCUT2D eigenvalue weighted by Crippen LogP contribution is -2.48. The van der Waals surface area contributed by atoms with E-state index in [0.717, 1.165) is 41.7 Å². The zero-order valence-corrected chi connectivity index (χ0v) is 16.6. The number of hydrogen-bond acceptors (Lipinski definition) is 4. The van der Waals surface area contributed by atoms with Gasteiger partial charge in [0.1, 0.15) is 11.4 Å². The van der Waals surface area contributed by atoms with Crippen molar-refractivity contribution in [1.29, 1.82) is 0 Å². The molecule has 5 rings (SSSR count). The third kappa shape index (κ3) is 3.58. The molecule has 1 aliphatic heterocycles. The molecule has 3 aromatic rings. The summed E-state index contributed by atoms with van der Waals surface area (Å²) in [4.78, 5) is 20.0. The first-order chi connectivity index (χ1) is 14.1. The Balaban J connectivity index is 1.51. The summed E-state index contributed by atoms with van der Waals surface area (Å²) in [5, 5.41) is 4.02. The van der Waals surface area contributed by atoms with Crippen molar-refractivity contribution in [1.82, 2.24) is 10.3 Å². The zero-order chi connectivity index (χ0) is 19.8. The van der Waals surface area contributed by atoms with Gasteiger partial charge in [-0.2, -0.15) is 0 Å². The second-order valence-electron chi connectivity index (χ2n) is 8.16. The van der Waals surface area contributed by atoms with Gasteiger partial charge in [0.2, 0.25) is 0 Å². The number of carbonyl (C=O) groups excluding carboxylic acids is 1. The molecule has 1 unspecified atom stereocenters. The molecule has 0 radical (unpaired) electrons. The van der Waals surface area contributed by atoms with Crippen LogP contribution in [0, 0.1) is 0 Å². The molecule has 1 atom stereocenters. The largest absolute Gasteiger partial charge is 0.367 e. The monoisotopic (exact) mass is 387 g/mol. The molecule has 29 heavy (non-hydrogen) atoms. The maximum absolute atomic E-state index is 12.9. The van der Waals surface area contributed by atoms with E-state index in [-0.39, 0.29) is 5.91 Å². The Morgan fingerprint density at radius 3 is 2.69 bits per heavy atom. The SMILES string of the molecule is CC1(c2ccccc2)CN(c2cc(C(=O)NC3CC3)c3ccccc3n2)CCO1. The van der Waals surface area contributed by atoms with E-state index in [2.05, 4.69) is 29.3 Å². The molecule has 2 aromatic carbocycles. The van der Waals surface area contributed by atoms with E-state index in [1.54, 1.807) is 0 Å². The Morgan fingerprint density at radius 1 is 1.14 bits per heavy atom. The van der Waals surface area contributed by atoms with Gasteiger partial charge in [-0.05, 0) is 37.5 Å². The number of ether oxygens (including phenoxy) is 1. The molecule has 0 bridgehead atoms. The fourth-order valence-corrected chi connectivity index (χ4v) is 4.03. The summed E-state index contributed by atoms with van der Waals surface area (Å²) in [6, 6.07) is 20.4. The first-order valence-electron chi connectivity index (χ1n) is 10.3. The van der Waals surface area contributed by atoms with Crippen LogP contribution in [0.15, 0.2) is 60.7 Å². The molecular formula is C24H25N3O2. The van der Waals surface area contributed by atoms with Gasteiger partial charge in [-0.15, -0.1) is 0 Å². The van der Waals surface area contributed by atoms with E-state index in [1.807, 2.05) is 48.5 Å². The Hall–Kier alpha value is -2.92. The van der Waals surface area contributed by atoms with Crippen molar-refractivity contribution in [2.75, 3.05) is 24.6 Å². The Kier molecular flexibility index (Phi) is 4.47. The summed E-state index contributed by atoms with van der Waals surface area (Å²) in [6.07, 6.45) is 2.14. The number of benzene rings is 2. The number of pyridine rings is 1. The molecule has 0 spiro atoms. The van der Waals surface area contributed by atoms with Gasteiger partial charge in [-0.3, -0.25) is 4.79 Å². The molecular weight excluding hydrogens is 362 g/mol. The molecule has 5 heteroatoms. The summed E-state index contributed by atoms with van der Waals surface area (Å²) in [7, 11) is 0. The topological polar surface area (TPSA) is 54.5 Å². The smallest absolute Gasteiger partial charge is 0.252 e. The van der Waals surface area contributed by atoms with Gasteiger partial charge < -0.3 is 15.0 Å². The standard InChI is InChI=1S/C24H25N3O2/c1-24(17-7-3-2-4-8-17)16-27(13-14-29-24)22-15-20(23(28)25-18-11-12-18)19-9-5-6-10-21(19)26-22/h2-10,15,18H,11-14,16H2,1H3,(H,25,28). The van der Waals surface area contributed by atoms with Crippen LogP contribution in [0.3, 0.4) is 0 Å². The van der Waals surface area contributed by atoms with E-state index in [4.69, 9.17) is 9.72 Å². The summed E-state index contributed by atoms with van der Waals surface area (Å²) >= 11 is 0. The van der Waals surface area contributed by atoms with Gasteiger partial charge >= 0.3 is 0 Å². The van der Waals surface area contributed by atoms with E-state index >= 15 is 0 Å². The summed E-state index contributed by atoms with van der Waals surface area (Å²) < 4.78 is 6.18. The fourth-order valence-electron chi connectivity index (χ4n) is 4.03. The summed E-state index contributed by atoms with van der Waals surface area (Å²) in [5.41, 5.74) is 2.28. The molecule has 5 nitrogen and oxygen atoms in total. The van der Waals surface area contributed by atoms with Crippen LogP contribution >= 0.6 is 0 Å². The minimum Gasteiger partial charge on any atom is -0.367 e. The maximum atomic E-state index is 12.9. The first-order valence-corrected chi connectivity index (χ1v) is 10.3. The molecule has 1 saturated carbocycles. The molecule has 1 saturated heterocycles. The van der Waals surface area contributed by atoms with Gasteiger partial charge in [0.25, 0.3) is 5.91 Å². The molecule has 1 aliphatic carbocycles. The highest BCUT2D eigenvalue weighted by molar-refractivity contribution is 6.07. The minimum absolute atomic E-state index is 0.00793. The van der Waals surface area contributed by atoms with Gasteiger partial charge in [0.15, 0.2) is 0 Å². The van der Waals surface area contributed by atoms with Gasteiger partial charge in [0, 0.05) is 18.0 Å². The molecule has 2 fully saturated rings. The number of aromatic nitrogens is 1. The lowest BCUT2D eigenvalue weighted by atomic mass is 9.93. The van der Waals surface area contributed by atoms with Crippen molar-refractivity contribution >= 4 is 22.6 Å². The van der Waals surface area contributed by atoms with Crippen LogP contribution in [0.25, 0.3) is 10.9 Å². The van der Waals surface area contributed by atoms with Crippen LogP contribution in [0.5, 0.6) is 0 Å². The van der Waals surface area contributed by atoms with Crippen molar-refractivity contribution in [2.45, 2.75) is 31.4 Å². The van der Waals surface area contributed by atoms with Crippen LogP contribution < -0.4 is 10.2 Å². The van der Waals surface area contributed by atoms with Crippen LogP contribution in [0.4, 0.5) is 5.82 Å². The Bertz CT molecular complexity index is 1050. The lowest BCUT2D eigenvalue weighted by molar-refractivity contribution is -0.0467. The number of rotatable bonds is 4. The third-order valence-corrected chi connectivity index (χ3v) is 5.84. The van der Waals surface area contributed by atoms with Crippen molar-refractivity contribution < 1.29 is 9.53 Å². The zero-order valence-electron chi connectivity index (χ0n) is 16.6. The van der Waals surface area contributed by atoms with E-state index < -0.39 is 5.60 Å². The fraction of sp³-hybridized carbons (Fsp3) is 0.333. The van der Waals surface area contributed by atoms with Crippen LogP contribution in [0.1, 0.15) is 35.7 Å². The maximum Gasteiger partial charge on any atom is 0.252 e. The molecule has 2 heterocycles. The third-order valence-electron chi connectivity index (χ3n) is 5.84. The number of para-hydroxylation sites is 1. The number of amides is 1. The molecule has 1 aromatic heterocycles. The van der Waals surface area contributed by atoms with Crippen LogP contribution in [-0.4, -0.2) is 36.6 Å². The van der Waals surface area contributed by atoms with E-state index in [1.165, 1.54) is 0 Å². The predicted octanol–water partition coefficient (Wildman–Crippen LogP) is 3.88. The van der Waals surface area contributed by atoms with E-state index in [0.29, 0.717) is 24.8 Å². The summed E-state index contributed by atoms with van der Waals surface area (Å²) in [5.74, 6) is 0.821. The first kappa shape index (κ1) is 18.1.